The number of amides is 2. The van der Waals surface area contributed by atoms with Gasteiger partial charge >= 0.3 is 0 Å². The van der Waals surface area contributed by atoms with E-state index in [9.17, 15) is 18.0 Å². The molecule has 0 spiro atoms. The van der Waals surface area contributed by atoms with Gasteiger partial charge in [-0.05, 0) is 59.9 Å². The number of hydrogen-bond donors (Lipinski definition) is 0. The van der Waals surface area contributed by atoms with Crippen LogP contribution in [0.4, 0.5) is 5.69 Å². The van der Waals surface area contributed by atoms with Gasteiger partial charge in [0, 0.05) is 6.04 Å². The van der Waals surface area contributed by atoms with Crippen molar-refractivity contribution in [2.24, 2.45) is 0 Å². The molecule has 1 aliphatic heterocycles. The zero-order valence-corrected chi connectivity index (χ0v) is 20.7. The van der Waals surface area contributed by atoms with Crippen LogP contribution in [0, 0.1) is 0 Å². The molecule has 7 heteroatoms. The van der Waals surface area contributed by atoms with Crippen LogP contribution in [-0.2, 0) is 19.6 Å². The molecule has 0 aliphatic carbocycles. The van der Waals surface area contributed by atoms with Crippen molar-refractivity contribution in [2.75, 3.05) is 4.90 Å². The molecule has 1 fully saturated rings. The van der Waals surface area contributed by atoms with Gasteiger partial charge in [-0.3, -0.25) is 9.59 Å². The van der Waals surface area contributed by atoms with E-state index in [4.69, 9.17) is 0 Å². The number of sulfonamides is 1. The van der Waals surface area contributed by atoms with E-state index in [0.29, 0.717) is 18.0 Å². The Morgan fingerprint density at radius 2 is 1.59 bits per heavy atom. The maximum atomic E-state index is 13.8. The van der Waals surface area contributed by atoms with E-state index < -0.39 is 33.9 Å². The third-order valence-electron chi connectivity index (χ3n) is 6.57. The summed E-state index contributed by atoms with van der Waals surface area (Å²) in [6, 6.07) is 18.2. The lowest BCUT2D eigenvalue weighted by Gasteiger charge is -2.31. The van der Waals surface area contributed by atoms with Gasteiger partial charge in [0.25, 0.3) is 5.91 Å². The van der Waals surface area contributed by atoms with E-state index in [0.717, 1.165) is 21.2 Å². The van der Waals surface area contributed by atoms with E-state index >= 15 is 0 Å². The predicted molar refractivity (Wildman–Crippen MR) is 134 cm³/mol. The lowest BCUT2D eigenvalue weighted by Crippen LogP contribution is -2.49. The van der Waals surface area contributed by atoms with Crippen LogP contribution in [-0.4, -0.2) is 36.6 Å². The van der Waals surface area contributed by atoms with Crippen molar-refractivity contribution in [2.45, 2.75) is 63.4 Å². The smallest absolute Gasteiger partial charge is 0.252 e. The second kappa shape index (κ2) is 9.31. The minimum atomic E-state index is -4.03. The fourth-order valence-electron chi connectivity index (χ4n) is 4.44. The average Bonchev–Trinajstić information content (AvgIpc) is 3.11. The van der Waals surface area contributed by atoms with Crippen molar-refractivity contribution in [3.8, 4) is 0 Å². The molecule has 1 aliphatic rings. The van der Waals surface area contributed by atoms with Gasteiger partial charge in [-0.1, -0.05) is 63.2 Å². The highest BCUT2D eigenvalue weighted by atomic mass is 32.2. The maximum Gasteiger partial charge on any atom is 0.252 e. The normalized spacial score (nSPS) is 17.8. The number of carbonyl (C=O) groups excluding carboxylic acids is 2. The van der Waals surface area contributed by atoms with Crippen molar-refractivity contribution in [3.63, 3.8) is 0 Å². The van der Waals surface area contributed by atoms with Crippen LogP contribution < -0.4 is 4.90 Å². The molecule has 2 unspecified atom stereocenters. The monoisotopic (exact) mass is 478 g/mol. The quantitative estimate of drug-likeness (QED) is 0.444. The third kappa shape index (κ3) is 4.26. The summed E-state index contributed by atoms with van der Waals surface area (Å²) in [5, 5.41) is 1.73. The second-order valence-electron chi connectivity index (χ2n) is 9.13. The summed E-state index contributed by atoms with van der Waals surface area (Å²) >= 11 is 0. The van der Waals surface area contributed by atoms with Crippen LogP contribution in [0.1, 0.15) is 52.0 Å². The molecular formula is C27H30N2O4S. The minimum Gasteiger partial charge on any atom is -0.274 e. The fourth-order valence-corrected chi connectivity index (χ4v) is 6.32. The number of benzene rings is 3. The summed E-state index contributed by atoms with van der Waals surface area (Å²) in [7, 11) is -4.03. The number of anilines is 1. The Bertz CT molecular complexity index is 1330. The van der Waals surface area contributed by atoms with Crippen LogP contribution in [0.25, 0.3) is 10.8 Å². The van der Waals surface area contributed by atoms with Crippen molar-refractivity contribution < 1.29 is 18.0 Å². The summed E-state index contributed by atoms with van der Waals surface area (Å²) in [5.74, 6) is -0.582. The number of fused-ring (bicyclic) bond motifs is 1. The zero-order valence-electron chi connectivity index (χ0n) is 19.9. The molecule has 0 saturated carbocycles. The van der Waals surface area contributed by atoms with Crippen LogP contribution in [0.3, 0.4) is 0 Å². The van der Waals surface area contributed by atoms with Gasteiger partial charge < -0.3 is 0 Å². The zero-order chi connectivity index (χ0) is 24.6. The standard InChI is InChI=1S/C27H30N2O4S/c1-5-19(4)29(34(32,33)24-15-12-21-8-6-7-9-22(21)16-24)25-17-26(30)28(27(25)31)23-13-10-20(11-14-23)18(2)3/h6-16,18-19,25H,5,17H2,1-4H3. The van der Waals surface area contributed by atoms with Gasteiger partial charge in [-0.2, -0.15) is 4.31 Å². The Labute approximate surface area is 201 Å². The van der Waals surface area contributed by atoms with E-state index in [-0.39, 0.29) is 11.3 Å². The van der Waals surface area contributed by atoms with E-state index in [2.05, 4.69) is 13.8 Å². The molecule has 0 aromatic heterocycles. The number of hydrogen-bond acceptors (Lipinski definition) is 4. The molecule has 178 valence electrons. The first-order chi connectivity index (χ1) is 16.1. The van der Waals surface area contributed by atoms with Crippen LogP contribution in [0.15, 0.2) is 71.6 Å². The summed E-state index contributed by atoms with van der Waals surface area (Å²) in [4.78, 5) is 27.7. The van der Waals surface area contributed by atoms with Gasteiger partial charge in [0.15, 0.2) is 0 Å². The molecule has 1 heterocycles. The molecule has 6 nitrogen and oxygen atoms in total. The van der Waals surface area contributed by atoms with Gasteiger partial charge in [0.05, 0.1) is 17.0 Å². The van der Waals surface area contributed by atoms with E-state index in [1.165, 1.54) is 4.31 Å². The highest BCUT2D eigenvalue weighted by Crippen LogP contribution is 2.33. The van der Waals surface area contributed by atoms with Crippen LogP contribution >= 0.6 is 0 Å². The highest BCUT2D eigenvalue weighted by Gasteiger charge is 2.48. The van der Waals surface area contributed by atoms with Crippen molar-refractivity contribution in [3.05, 3.63) is 72.3 Å². The van der Waals surface area contributed by atoms with Crippen molar-refractivity contribution in [1.82, 2.24) is 4.31 Å². The molecule has 2 atom stereocenters. The first-order valence-electron chi connectivity index (χ1n) is 11.6. The molecule has 2 amide bonds. The summed E-state index contributed by atoms with van der Waals surface area (Å²) in [5.41, 5.74) is 1.56. The van der Waals surface area contributed by atoms with Gasteiger partial charge in [-0.25, -0.2) is 13.3 Å². The lowest BCUT2D eigenvalue weighted by molar-refractivity contribution is -0.122. The number of imide groups is 1. The minimum absolute atomic E-state index is 0.117. The molecule has 0 bridgehead atoms. The molecule has 4 rings (SSSR count). The summed E-state index contributed by atoms with van der Waals surface area (Å²) < 4.78 is 28.9. The molecule has 34 heavy (non-hydrogen) atoms. The van der Waals surface area contributed by atoms with E-state index in [1.54, 1.807) is 37.3 Å². The average molecular weight is 479 g/mol. The Balaban J connectivity index is 1.72. The first kappa shape index (κ1) is 24.1. The topological polar surface area (TPSA) is 74.8 Å². The second-order valence-corrected chi connectivity index (χ2v) is 11.0. The fraction of sp³-hybridized carbons (Fsp3) is 0.333. The first-order valence-corrected chi connectivity index (χ1v) is 13.1. The molecule has 3 aromatic carbocycles. The largest absolute Gasteiger partial charge is 0.274 e. The molecular weight excluding hydrogens is 448 g/mol. The maximum absolute atomic E-state index is 13.8. The molecule has 1 saturated heterocycles. The van der Waals surface area contributed by atoms with Crippen LogP contribution in [0.5, 0.6) is 0 Å². The van der Waals surface area contributed by atoms with Gasteiger partial charge in [0.2, 0.25) is 15.9 Å². The number of nitrogens with zero attached hydrogens (tertiary/aromatic N) is 2. The summed E-state index contributed by atoms with van der Waals surface area (Å²) in [6.45, 7) is 7.78. The van der Waals surface area contributed by atoms with Crippen molar-refractivity contribution in [1.29, 1.82) is 0 Å². The third-order valence-corrected chi connectivity index (χ3v) is 8.59. The number of carbonyl (C=O) groups is 2. The molecule has 3 aromatic rings. The van der Waals surface area contributed by atoms with Gasteiger partial charge in [-0.15, -0.1) is 0 Å². The van der Waals surface area contributed by atoms with E-state index in [1.807, 2.05) is 43.3 Å². The SMILES string of the molecule is CCC(C)N(C1CC(=O)N(c2ccc(C(C)C)cc2)C1=O)S(=O)(=O)c1ccc2ccccc2c1. The van der Waals surface area contributed by atoms with Gasteiger partial charge in [0.1, 0.15) is 6.04 Å². The van der Waals surface area contributed by atoms with Crippen LogP contribution in [0.2, 0.25) is 0 Å². The Morgan fingerprint density at radius 3 is 2.21 bits per heavy atom. The summed E-state index contributed by atoms with van der Waals surface area (Å²) in [6.07, 6.45) is 0.329. The highest BCUT2D eigenvalue weighted by molar-refractivity contribution is 7.89. The Kier molecular flexibility index (Phi) is 6.60. The molecule has 0 N–H and O–H groups in total. The Hall–Kier alpha value is -3.03. The Morgan fingerprint density at radius 1 is 0.941 bits per heavy atom. The van der Waals surface area contributed by atoms with Crippen molar-refractivity contribution >= 4 is 38.3 Å². The lowest BCUT2D eigenvalue weighted by atomic mass is 10.0. The predicted octanol–water partition coefficient (Wildman–Crippen LogP) is 5.08. The number of rotatable bonds is 7. The molecule has 0 radical (unpaired) electrons.